The van der Waals surface area contributed by atoms with Crippen molar-refractivity contribution in [3.63, 3.8) is 0 Å². The molecule has 0 spiro atoms. The van der Waals surface area contributed by atoms with Crippen molar-refractivity contribution >= 4 is 17.4 Å². The Morgan fingerprint density at radius 3 is 3.00 bits per heavy atom. The fourth-order valence-corrected chi connectivity index (χ4v) is 1.56. The van der Waals surface area contributed by atoms with Crippen molar-refractivity contribution in [2.75, 3.05) is 0 Å². The van der Waals surface area contributed by atoms with E-state index in [0.29, 0.717) is 30.0 Å². The predicted octanol–water partition coefficient (Wildman–Crippen LogP) is 3.48. The molecule has 0 N–H and O–H groups in total. The van der Waals surface area contributed by atoms with Gasteiger partial charge in [0.2, 0.25) is 0 Å². The first-order valence-corrected chi connectivity index (χ1v) is 5.89. The van der Waals surface area contributed by atoms with Gasteiger partial charge in [0.25, 0.3) is 0 Å². The number of hydrogen-bond donors (Lipinski definition) is 0. The molecule has 1 rings (SSSR count). The molecule has 90 valence electrons. The maximum absolute atomic E-state index is 11.7. The van der Waals surface area contributed by atoms with Crippen molar-refractivity contribution in [3.8, 4) is 18.1 Å². The van der Waals surface area contributed by atoms with E-state index in [4.69, 9.17) is 22.8 Å². The summed E-state index contributed by atoms with van der Waals surface area (Å²) in [6.07, 6.45) is 6.44. The van der Waals surface area contributed by atoms with Gasteiger partial charge < -0.3 is 4.74 Å². The van der Waals surface area contributed by atoms with Crippen LogP contribution in [0.25, 0.3) is 0 Å². The van der Waals surface area contributed by atoms with Gasteiger partial charge in [0.15, 0.2) is 11.9 Å². The van der Waals surface area contributed by atoms with Crippen molar-refractivity contribution in [1.82, 2.24) is 0 Å². The summed E-state index contributed by atoms with van der Waals surface area (Å²) >= 11 is 5.82. The number of rotatable bonds is 6. The van der Waals surface area contributed by atoms with E-state index in [0.717, 1.165) is 0 Å². The van der Waals surface area contributed by atoms with Crippen molar-refractivity contribution in [2.24, 2.45) is 0 Å². The van der Waals surface area contributed by atoms with Crippen LogP contribution in [0.3, 0.4) is 0 Å². The molecule has 0 bridgehead atoms. The van der Waals surface area contributed by atoms with Gasteiger partial charge in [-0.25, -0.2) is 0 Å². The van der Waals surface area contributed by atoms with Gasteiger partial charge in [0.1, 0.15) is 5.75 Å². The van der Waals surface area contributed by atoms with Gasteiger partial charge in [0, 0.05) is 17.9 Å². The van der Waals surface area contributed by atoms with E-state index in [1.807, 2.05) is 0 Å². The molecule has 0 fully saturated rings. The van der Waals surface area contributed by atoms with Crippen LogP contribution in [0.4, 0.5) is 0 Å². The van der Waals surface area contributed by atoms with Crippen LogP contribution in [-0.4, -0.2) is 11.9 Å². The molecule has 0 aromatic heterocycles. The van der Waals surface area contributed by atoms with Crippen molar-refractivity contribution in [3.05, 3.63) is 29.3 Å². The molecule has 0 saturated carbocycles. The highest BCUT2D eigenvalue weighted by Crippen LogP contribution is 2.18. The summed E-state index contributed by atoms with van der Waals surface area (Å²) in [6.45, 7) is 1.74. The Morgan fingerprint density at radius 2 is 2.35 bits per heavy atom. The third-order valence-corrected chi connectivity index (χ3v) is 2.54. The zero-order valence-corrected chi connectivity index (χ0v) is 10.5. The SMILES string of the molecule is C#CCCCC(=O)C(C)Oc1cccc(Cl)c1. The zero-order chi connectivity index (χ0) is 12.7. The lowest BCUT2D eigenvalue weighted by molar-refractivity contribution is -0.125. The van der Waals surface area contributed by atoms with Crippen LogP contribution in [0.5, 0.6) is 5.75 Å². The van der Waals surface area contributed by atoms with Gasteiger partial charge in [-0.1, -0.05) is 17.7 Å². The Hall–Kier alpha value is -1.46. The summed E-state index contributed by atoms with van der Waals surface area (Å²) in [5.41, 5.74) is 0. The summed E-state index contributed by atoms with van der Waals surface area (Å²) in [6, 6.07) is 7.00. The standard InChI is InChI=1S/C14H15ClO2/c1-3-4-5-9-14(16)11(2)17-13-8-6-7-12(15)10-13/h1,6-8,10-11H,4-5,9H2,2H3. The molecule has 17 heavy (non-hydrogen) atoms. The third-order valence-electron chi connectivity index (χ3n) is 2.31. The first kappa shape index (κ1) is 13.6. The number of terminal acetylenes is 1. The van der Waals surface area contributed by atoms with Crippen LogP contribution in [0.2, 0.25) is 5.02 Å². The molecule has 0 aliphatic heterocycles. The van der Waals surface area contributed by atoms with Crippen LogP contribution in [0.1, 0.15) is 26.2 Å². The number of ketones is 1. The van der Waals surface area contributed by atoms with E-state index in [1.165, 1.54) is 0 Å². The fourth-order valence-electron chi connectivity index (χ4n) is 1.38. The van der Waals surface area contributed by atoms with Gasteiger partial charge in [-0.2, -0.15) is 0 Å². The summed E-state index contributed by atoms with van der Waals surface area (Å²) in [7, 11) is 0. The molecule has 0 heterocycles. The third kappa shape index (κ3) is 4.93. The number of unbranched alkanes of at least 4 members (excludes halogenated alkanes) is 1. The fraction of sp³-hybridized carbons (Fsp3) is 0.357. The van der Waals surface area contributed by atoms with E-state index in [-0.39, 0.29) is 5.78 Å². The second-order valence-electron chi connectivity index (χ2n) is 3.74. The molecular formula is C14H15ClO2. The Bertz CT molecular complexity index is 420. The predicted molar refractivity (Wildman–Crippen MR) is 69.2 cm³/mol. The van der Waals surface area contributed by atoms with E-state index >= 15 is 0 Å². The minimum absolute atomic E-state index is 0.0558. The van der Waals surface area contributed by atoms with Gasteiger partial charge in [-0.15, -0.1) is 12.3 Å². The summed E-state index contributed by atoms with van der Waals surface area (Å²) in [4.78, 5) is 11.7. The Labute approximate surface area is 107 Å². The van der Waals surface area contributed by atoms with E-state index in [1.54, 1.807) is 31.2 Å². The first-order chi connectivity index (χ1) is 8.13. The van der Waals surface area contributed by atoms with Crippen LogP contribution in [-0.2, 0) is 4.79 Å². The van der Waals surface area contributed by atoms with Crippen molar-refractivity contribution < 1.29 is 9.53 Å². The van der Waals surface area contributed by atoms with Crippen molar-refractivity contribution in [2.45, 2.75) is 32.3 Å². The molecule has 0 aliphatic carbocycles. The van der Waals surface area contributed by atoms with E-state index < -0.39 is 6.10 Å². The van der Waals surface area contributed by atoms with Crippen LogP contribution >= 0.6 is 11.6 Å². The molecule has 0 amide bonds. The summed E-state index contributed by atoms with van der Waals surface area (Å²) in [5, 5.41) is 0.592. The highest BCUT2D eigenvalue weighted by Gasteiger charge is 2.13. The molecule has 3 heteroatoms. The van der Waals surface area contributed by atoms with E-state index in [9.17, 15) is 4.79 Å². The minimum Gasteiger partial charge on any atom is -0.483 e. The normalized spacial score (nSPS) is 11.6. The van der Waals surface area contributed by atoms with Gasteiger partial charge >= 0.3 is 0 Å². The molecule has 0 aliphatic rings. The van der Waals surface area contributed by atoms with Crippen LogP contribution in [0.15, 0.2) is 24.3 Å². The second-order valence-corrected chi connectivity index (χ2v) is 4.18. The lowest BCUT2D eigenvalue weighted by Gasteiger charge is -2.13. The first-order valence-electron chi connectivity index (χ1n) is 5.52. The average Bonchev–Trinajstić information content (AvgIpc) is 2.29. The number of ether oxygens (including phenoxy) is 1. The molecule has 1 aromatic rings. The quantitative estimate of drug-likeness (QED) is 0.571. The van der Waals surface area contributed by atoms with Gasteiger partial charge in [0.05, 0.1) is 0 Å². The summed E-state index contributed by atoms with van der Waals surface area (Å²) < 4.78 is 5.50. The van der Waals surface area contributed by atoms with Gasteiger partial charge in [-0.3, -0.25) is 4.79 Å². The lowest BCUT2D eigenvalue weighted by atomic mass is 10.1. The Kier molecular flexibility index (Phi) is 5.59. The highest BCUT2D eigenvalue weighted by molar-refractivity contribution is 6.30. The summed E-state index contributed by atoms with van der Waals surface area (Å²) in [5.74, 6) is 3.17. The molecule has 0 saturated heterocycles. The zero-order valence-electron chi connectivity index (χ0n) is 9.78. The Morgan fingerprint density at radius 1 is 1.59 bits per heavy atom. The maximum Gasteiger partial charge on any atom is 0.173 e. The minimum atomic E-state index is -0.466. The Balaban J connectivity index is 2.46. The highest BCUT2D eigenvalue weighted by atomic mass is 35.5. The number of benzene rings is 1. The molecular weight excluding hydrogens is 236 g/mol. The average molecular weight is 251 g/mol. The van der Waals surface area contributed by atoms with Crippen LogP contribution < -0.4 is 4.74 Å². The topological polar surface area (TPSA) is 26.3 Å². The van der Waals surface area contributed by atoms with Crippen LogP contribution in [0, 0.1) is 12.3 Å². The second kappa shape index (κ2) is 6.98. The molecule has 0 radical (unpaired) electrons. The lowest BCUT2D eigenvalue weighted by Crippen LogP contribution is -2.23. The number of hydrogen-bond acceptors (Lipinski definition) is 2. The number of carbonyl (C=O) groups excluding carboxylic acids is 1. The smallest absolute Gasteiger partial charge is 0.173 e. The van der Waals surface area contributed by atoms with Crippen molar-refractivity contribution in [1.29, 1.82) is 0 Å². The maximum atomic E-state index is 11.7. The molecule has 2 nitrogen and oxygen atoms in total. The van der Waals surface area contributed by atoms with Gasteiger partial charge in [-0.05, 0) is 31.5 Å². The van der Waals surface area contributed by atoms with E-state index in [2.05, 4.69) is 5.92 Å². The monoisotopic (exact) mass is 250 g/mol. The number of Topliss-reactive ketones (excluding diaryl/α,β-unsaturated/α-hetero) is 1. The molecule has 1 aromatic carbocycles. The largest absolute Gasteiger partial charge is 0.483 e. The number of carbonyl (C=O) groups is 1. The molecule has 1 unspecified atom stereocenters. The number of halogens is 1. The molecule has 1 atom stereocenters.